The van der Waals surface area contributed by atoms with E-state index in [-0.39, 0.29) is 46.2 Å². The van der Waals surface area contributed by atoms with Crippen LogP contribution in [0.15, 0.2) is 34.6 Å². The zero-order valence-corrected chi connectivity index (χ0v) is 17.1. The van der Waals surface area contributed by atoms with Crippen molar-refractivity contribution in [2.75, 3.05) is 13.3 Å². The molecule has 1 aromatic rings. The number of hydrogen-bond acceptors (Lipinski definition) is 2. The van der Waals surface area contributed by atoms with Gasteiger partial charge in [-0.2, -0.15) is 0 Å². The molecule has 0 amide bonds. The van der Waals surface area contributed by atoms with Gasteiger partial charge in [0.25, 0.3) is 0 Å². The van der Waals surface area contributed by atoms with Gasteiger partial charge in [-0.25, -0.2) is 0 Å². The molecule has 0 unspecified atom stereocenters. The molecule has 1 aliphatic carbocycles. The fraction of sp³-hybridized carbons (Fsp3) is 0.412. The van der Waals surface area contributed by atoms with Gasteiger partial charge in [-0.05, 0) is 55.6 Å². The van der Waals surface area contributed by atoms with Crippen LogP contribution in [0.2, 0.25) is 0 Å². The molecule has 3 rings (SSSR count). The Bertz CT molecular complexity index is 619. The third-order valence-electron chi connectivity index (χ3n) is 4.18. The molecule has 0 atom stereocenters. The molecule has 0 saturated heterocycles. The number of aliphatic imine (C=N–C) groups is 1. The standard InChI is InChI=1S/C17H21NOP.Y/c1-11-17(2,3)19-16(18-11)15-13-9-7-6-8-12(13)10-14(15)20(4)5;/h6-9H,10H2,1-5H3;/q-1;+3. The van der Waals surface area contributed by atoms with E-state index >= 15 is 0 Å². The normalized spacial score (nSPS) is 19.3. The van der Waals surface area contributed by atoms with Gasteiger partial charge in [-0.3, -0.25) is 0 Å². The zero-order chi connectivity index (χ0) is 14.5. The van der Waals surface area contributed by atoms with Gasteiger partial charge in [0.1, 0.15) is 0 Å². The number of hydrogen-bond donors (Lipinski definition) is 0. The summed E-state index contributed by atoms with van der Waals surface area (Å²) in [7, 11) is -0.139. The van der Waals surface area contributed by atoms with Gasteiger partial charge in [-0.15, -0.1) is 0 Å². The molecule has 2 nitrogen and oxygen atoms in total. The van der Waals surface area contributed by atoms with Crippen LogP contribution < -0.4 is 0 Å². The van der Waals surface area contributed by atoms with Crippen molar-refractivity contribution < 1.29 is 37.4 Å². The molecular weight excluding hydrogens is 354 g/mol. The van der Waals surface area contributed by atoms with Crippen LogP contribution in [0.5, 0.6) is 0 Å². The SMILES string of the molecule is C[C-]1N=C(C2=C(P(C)C)Cc3ccccc32)OC1(C)C.[Y+3]. The Balaban J connectivity index is 0.00000161. The first kappa shape index (κ1) is 17.2. The molecule has 0 fully saturated rings. The van der Waals surface area contributed by atoms with Crippen LogP contribution in [0, 0.1) is 6.04 Å². The Labute approximate surface area is 154 Å². The summed E-state index contributed by atoms with van der Waals surface area (Å²) in [4.78, 5) is 4.72. The van der Waals surface area contributed by atoms with E-state index in [9.17, 15) is 0 Å². The zero-order valence-electron chi connectivity index (χ0n) is 13.4. The van der Waals surface area contributed by atoms with Gasteiger partial charge in [0.15, 0.2) is 0 Å². The average Bonchev–Trinajstić information content (AvgIpc) is 2.88. The average molecular weight is 375 g/mol. The maximum Gasteiger partial charge on any atom is 3.00 e. The van der Waals surface area contributed by atoms with E-state index in [1.807, 2.05) is 0 Å². The van der Waals surface area contributed by atoms with Gasteiger partial charge < -0.3 is 9.73 Å². The predicted molar refractivity (Wildman–Crippen MR) is 87.4 cm³/mol. The van der Waals surface area contributed by atoms with Crippen LogP contribution in [0.25, 0.3) is 5.57 Å². The van der Waals surface area contributed by atoms with Gasteiger partial charge in [0, 0.05) is 0 Å². The fourth-order valence-corrected chi connectivity index (χ4v) is 3.85. The molecule has 21 heavy (non-hydrogen) atoms. The monoisotopic (exact) mass is 375 g/mol. The first-order valence-corrected chi connectivity index (χ1v) is 9.24. The van der Waals surface area contributed by atoms with Crippen molar-refractivity contribution in [2.24, 2.45) is 4.99 Å². The Morgan fingerprint density at radius 1 is 1.24 bits per heavy atom. The number of nitrogens with zero attached hydrogens (tertiary/aromatic N) is 1. The van der Waals surface area contributed by atoms with Crippen LogP contribution in [0.4, 0.5) is 0 Å². The van der Waals surface area contributed by atoms with E-state index in [1.54, 1.807) is 0 Å². The summed E-state index contributed by atoms with van der Waals surface area (Å²) in [5.74, 6) is 0.823. The number of benzene rings is 1. The van der Waals surface area contributed by atoms with Gasteiger partial charge in [-0.1, -0.05) is 45.2 Å². The topological polar surface area (TPSA) is 21.6 Å². The number of allylic oxidation sites excluding steroid dienone is 1. The second-order valence-corrected chi connectivity index (χ2v) is 8.49. The molecule has 4 heteroatoms. The number of rotatable bonds is 2. The first-order valence-electron chi connectivity index (χ1n) is 7.01. The molecule has 0 bridgehead atoms. The summed E-state index contributed by atoms with van der Waals surface area (Å²) in [6, 6.07) is 9.69. The smallest absolute Gasteiger partial charge is 0.567 e. The molecule has 2 aliphatic rings. The quantitative estimate of drug-likeness (QED) is 0.553. The van der Waals surface area contributed by atoms with E-state index in [0.29, 0.717) is 0 Å². The van der Waals surface area contributed by atoms with Crippen molar-refractivity contribution in [3.63, 3.8) is 0 Å². The molecule has 0 aromatic heterocycles. The largest absolute Gasteiger partial charge is 3.00 e. The van der Waals surface area contributed by atoms with Crippen LogP contribution in [-0.2, 0) is 43.9 Å². The van der Waals surface area contributed by atoms with E-state index in [2.05, 4.69) is 58.4 Å². The van der Waals surface area contributed by atoms with Crippen LogP contribution in [0.1, 0.15) is 31.9 Å². The summed E-state index contributed by atoms with van der Waals surface area (Å²) in [5, 5.41) is 1.51. The summed E-state index contributed by atoms with van der Waals surface area (Å²) in [6.45, 7) is 10.8. The third kappa shape index (κ3) is 3.00. The van der Waals surface area contributed by atoms with E-state index in [4.69, 9.17) is 9.73 Å². The van der Waals surface area contributed by atoms with Crippen LogP contribution >= 0.6 is 7.92 Å². The Kier molecular flexibility index (Phi) is 5.03. The van der Waals surface area contributed by atoms with E-state index in [1.165, 1.54) is 22.0 Å². The minimum absolute atomic E-state index is 0. The maximum absolute atomic E-state index is 6.15. The van der Waals surface area contributed by atoms with Gasteiger partial charge >= 0.3 is 32.7 Å². The molecule has 0 radical (unpaired) electrons. The van der Waals surface area contributed by atoms with Crippen LogP contribution in [0.3, 0.4) is 0 Å². The maximum atomic E-state index is 6.15. The first-order chi connectivity index (χ1) is 9.40. The Morgan fingerprint density at radius 2 is 1.90 bits per heavy atom. The fourth-order valence-electron chi connectivity index (χ4n) is 2.70. The Morgan fingerprint density at radius 3 is 2.48 bits per heavy atom. The summed E-state index contributed by atoms with van der Waals surface area (Å²) < 4.78 is 6.15. The van der Waals surface area contributed by atoms with E-state index in [0.717, 1.165) is 18.4 Å². The second kappa shape index (κ2) is 6.15. The van der Waals surface area contributed by atoms with E-state index < -0.39 is 0 Å². The molecule has 1 heterocycles. The third-order valence-corrected chi connectivity index (χ3v) is 5.64. The second-order valence-electron chi connectivity index (χ2n) is 6.16. The minimum atomic E-state index is -0.283. The predicted octanol–water partition coefficient (Wildman–Crippen LogP) is 4.45. The molecular formula is C17H21NOPY+2. The molecule has 0 spiro atoms. The van der Waals surface area contributed by atoms with Crippen molar-refractivity contribution in [3.05, 3.63) is 46.7 Å². The molecule has 1 aromatic carbocycles. The number of ether oxygens (including phenoxy) is 1. The van der Waals surface area contributed by atoms with Crippen molar-refractivity contribution in [2.45, 2.75) is 32.8 Å². The van der Waals surface area contributed by atoms with Crippen molar-refractivity contribution >= 4 is 19.4 Å². The van der Waals surface area contributed by atoms with Gasteiger partial charge in [0.05, 0.1) is 11.5 Å². The van der Waals surface area contributed by atoms with Crippen molar-refractivity contribution in [3.8, 4) is 0 Å². The minimum Gasteiger partial charge on any atom is -0.567 e. The summed E-state index contributed by atoms with van der Waals surface area (Å²) >= 11 is 0. The van der Waals surface area contributed by atoms with Gasteiger partial charge in [0.2, 0.25) is 0 Å². The molecule has 0 saturated carbocycles. The summed E-state index contributed by atoms with van der Waals surface area (Å²) in [5.41, 5.74) is 3.68. The number of fused-ring (bicyclic) bond motifs is 1. The molecule has 106 valence electrons. The molecule has 1 aliphatic heterocycles. The van der Waals surface area contributed by atoms with Crippen molar-refractivity contribution in [1.82, 2.24) is 0 Å². The van der Waals surface area contributed by atoms with Crippen LogP contribution in [-0.4, -0.2) is 24.8 Å². The Hall–Kier alpha value is -0.166. The van der Waals surface area contributed by atoms with Crippen molar-refractivity contribution in [1.29, 1.82) is 0 Å². The molecule has 0 N–H and O–H groups in total. The summed E-state index contributed by atoms with van der Waals surface area (Å²) in [6.07, 6.45) is 1.05.